The maximum Gasteiger partial charge on any atom is 0.416 e. The number of hydrogen-bond donors (Lipinski definition) is 1. The van der Waals surface area contributed by atoms with E-state index in [0.717, 1.165) is 29.6 Å². The Morgan fingerprint density at radius 2 is 1.71 bits per heavy atom. The highest BCUT2D eigenvalue weighted by Gasteiger charge is 2.42. The number of rotatable bonds is 8. The predicted molar refractivity (Wildman–Crippen MR) is 141 cm³/mol. The molecule has 8 heteroatoms. The van der Waals surface area contributed by atoms with E-state index >= 15 is 0 Å². The Morgan fingerprint density at radius 1 is 0.974 bits per heavy atom. The van der Waals surface area contributed by atoms with Crippen molar-refractivity contribution in [1.82, 2.24) is 10.2 Å². The molecule has 3 aromatic carbocycles. The lowest BCUT2D eigenvalue weighted by molar-refractivity contribution is -0.137. The van der Waals surface area contributed by atoms with Crippen LogP contribution < -0.4 is 15.0 Å². The number of ether oxygens (including phenoxy) is 1. The number of hydrogen-bond acceptors (Lipinski definition) is 4. The summed E-state index contributed by atoms with van der Waals surface area (Å²) >= 11 is 0. The maximum atomic E-state index is 13.5. The topological polar surface area (TPSA) is 44.8 Å². The second-order valence-electron chi connectivity index (χ2n) is 9.90. The number of halogens is 3. The number of carbonyl (C=O) groups is 1. The number of nitrogens with one attached hydrogen (secondary N) is 1. The van der Waals surface area contributed by atoms with Gasteiger partial charge < -0.3 is 15.0 Å². The summed E-state index contributed by atoms with van der Waals surface area (Å²) in [7, 11) is 0. The number of alkyl halides is 3. The largest absolute Gasteiger partial charge is 0.492 e. The van der Waals surface area contributed by atoms with Gasteiger partial charge >= 0.3 is 6.18 Å². The van der Waals surface area contributed by atoms with E-state index in [1.54, 1.807) is 6.07 Å². The molecule has 2 aliphatic heterocycles. The van der Waals surface area contributed by atoms with E-state index in [1.807, 2.05) is 60.7 Å². The van der Waals surface area contributed by atoms with E-state index in [0.29, 0.717) is 44.8 Å². The lowest BCUT2D eigenvalue weighted by atomic mass is 9.82. The Labute approximate surface area is 221 Å². The fourth-order valence-electron chi connectivity index (χ4n) is 5.48. The van der Waals surface area contributed by atoms with Crippen LogP contribution in [0.25, 0.3) is 0 Å². The van der Waals surface area contributed by atoms with Crippen LogP contribution in [0.15, 0.2) is 78.9 Å². The van der Waals surface area contributed by atoms with E-state index in [-0.39, 0.29) is 18.4 Å². The third kappa shape index (κ3) is 6.13. The van der Waals surface area contributed by atoms with Gasteiger partial charge in [0.15, 0.2) is 0 Å². The van der Waals surface area contributed by atoms with Gasteiger partial charge in [0.25, 0.3) is 0 Å². The summed E-state index contributed by atoms with van der Waals surface area (Å²) < 4.78 is 46.2. The van der Waals surface area contributed by atoms with Crippen LogP contribution in [0.3, 0.4) is 0 Å². The Hall–Kier alpha value is -3.52. The van der Waals surface area contributed by atoms with E-state index in [9.17, 15) is 18.0 Å². The number of para-hydroxylation sites is 1. The molecule has 0 bridgehead atoms. The fraction of sp³-hybridized carbons (Fsp3) is 0.367. The quantitative estimate of drug-likeness (QED) is 0.461. The summed E-state index contributed by atoms with van der Waals surface area (Å²) in [5.41, 5.74) is 1.84. The second kappa shape index (κ2) is 11.5. The van der Waals surface area contributed by atoms with Gasteiger partial charge in [-0.3, -0.25) is 9.69 Å². The molecule has 200 valence electrons. The van der Waals surface area contributed by atoms with Crippen LogP contribution in [0.5, 0.6) is 5.75 Å². The molecular weight excluding hydrogens is 491 g/mol. The van der Waals surface area contributed by atoms with Gasteiger partial charge in [-0.05, 0) is 54.3 Å². The lowest BCUT2D eigenvalue weighted by Crippen LogP contribution is -2.61. The molecule has 38 heavy (non-hydrogen) atoms. The monoisotopic (exact) mass is 523 g/mol. The highest BCUT2D eigenvalue weighted by Crippen LogP contribution is 2.39. The molecule has 3 aromatic rings. The SMILES string of the molecule is O=C(NCCc1ccccc1)C1Cc2cc(C(F)(F)F)ccc2N2CCN(CCOc3ccccc3)CC12. The average molecular weight is 524 g/mol. The smallest absolute Gasteiger partial charge is 0.416 e. The molecule has 0 aromatic heterocycles. The molecule has 0 aliphatic carbocycles. The van der Waals surface area contributed by atoms with Crippen molar-refractivity contribution in [3.05, 3.63) is 95.6 Å². The minimum Gasteiger partial charge on any atom is -0.492 e. The van der Waals surface area contributed by atoms with Crippen molar-refractivity contribution < 1.29 is 22.7 Å². The molecule has 1 saturated heterocycles. The Morgan fingerprint density at radius 3 is 2.45 bits per heavy atom. The van der Waals surface area contributed by atoms with Crippen molar-refractivity contribution in [3.63, 3.8) is 0 Å². The normalized spacial score (nSPS) is 19.4. The van der Waals surface area contributed by atoms with Gasteiger partial charge in [-0.15, -0.1) is 0 Å². The number of piperazine rings is 1. The van der Waals surface area contributed by atoms with Crippen molar-refractivity contribution in [3.8, 4) is 5.75 Å². The molecule has 1 fully saturated rings. The fourth-order valence-corrected chi connectivity index (χ4v) is 5.48. The van der Waals surface area contributed by atoms with Crippen molar-refractivity contribution >= 4 is 11.6 Å². The summed E-state index contributed by atoms with van der Waals surface area (Å²) in [6.45, 7) is 3.75. The van der Waals surface area contributed by atoms with Crippen molar-refractivity contribution in [2.75, 3.05) is 44.2 Å². The van der Waals surface area contributed by atoms with Crippen molar-refractivity contribution in [1.29, 1.82) is 0 Å². The first-order valence-corrected chi connectivity index (χ1v) is 13.1. The minimum atomic E-state index is -4.42. The van der Waals surface area contributed by atoms with Crippen LogP contribution >= 0.6 is 0 Å². The zero-order valence-corrected chi connectivity index (χ0v) is 21.2. The van der Waals surface area contributed by atoms with Gasteiger partial charge in [-0.25, -0.2) is 0 Å². The van der Waals surface area contributed by atoms with E-state index in [2.05, 4.69) is 15.1 Å². The number of nitrogens with zero attached hydrogens (tertiary/aromatic N) is 2. The molecule has 0 saturated carbocycles. The van der Waals surface area contributed by atoms with Gasteiger partial charge in [0.2, 0.25) is 5.91 Å². The molecule has 5 nitrogen and oxygen atoms in total. The van der Waals surface area contributed by atoms with E-state index < -0.39 is 17.7 Å². The first kappa shape index (κ1) is 26.1. The Bertz CT molecular complexity index is 1220. The maximum absolute atomic E-state index is 13.5. The number of carbonyl (C=O) groups excluding carboxylic acids is 1. The third-order valence-electron chi connectivity index (χ3n) is 7.44. The average Bonchev–Trinajstić information content (AvgIpc) is 2.93. The van der Waals surface area contributed by atoms with Crippen LogP contribution in [-0.4, -0.2) is 56.2 Å². The van der Waals surface area contributed by atoms with Crippen LogP contribution in [0.1, 0.15) is 16.7 Å². The number of fused-ring (bicyclic) bond motifs is 3. The third-order valence-corrected chi connectivity index (χ3v) is 7.44. The van der Waals surface area contributed by atoms with Gasteiger partial charge in [0, 0.05) is 38.4 Å². The zero-order chi connectivity index (χ0) is 26.5. The van der Waals surface area contributed by atoms with Gasteiger partial charge in [-0.2, -0.15) is 13.2 Å². The van der Waals surface area contributed by atoms with Crippen molar-refractivity contribution in [2.45, 2.75) is 25.1 Å². The number of benzene rings is 3. The second-order valence-corrected chi connectivity index (χ2v) is 9.90. The first-order chi connectivity index (χ1) is 18.4. The van der Waals surface area contributed by atoms with Crippen LogP contribution in [0, 0.1) is 5.92 Å². The summed E-state index contributed by atoms with van der Waals surface area (Å²) in [6.07, 6.45) is -3.44. The minimum absolute atomic E-state index is 0.110. The molecule has 0 spiro atoms. The summed E-state index contributed by atoms with van der Waals surface area (Å²) in [4.78, 5) is 17.9. The van der Waals surface area contributed by atoms with Gasteiger partial charge in [0.05, 0.1) is 17.5 Å². The lowest BCUT2D eigenvalue weighted by Gasteiger charge is -2.49. The van der Waals surface area contributed by atoms with Crippen LogP contribution in [0.4, 0.5) is 18.9 Å². The molecule has 2 unspecified atom stereocenters. The molecule has 1 amide bonds. The molecule has 1 N–H and O–H groups in total. The van der Waals surface area contributed by atoms with E-state index in [4.69, 9.17) is 4.74 Å². The van der Waals surface area contributed by atoms with Gasteiger partial charge in [0.1, 0.15) is 12.4 Å². The summed E-state index contributed by atoms with van der Waals surface area (Å²) in [6, 6.07) is 23.4. The molecule has 2 atom stereocenters. The molecule has 5 rings (SSSR count). The number of anilines is 1. The standard InChI is InChI=1S/C30H32F3N3O2/c31-30(32,33)24-11-12-27-23(19-24)20-26(29(37)34-14-13-22-7-3-1-4-8-22)28-21-35(15-16-36(27)28)17-18-38-25-9-5-2-6-10-25/h1-12,19,26,28H,13-18,20-21H2,(H,34,37). The summed E-state index contributed by atoms with van der Waals surface area (Å²) in [5.74, 6) is 0.259. The predicted octanol–water partition coefficient (Wildman–Crippen LogP) is 4.81. The zero-order valence-electron chi connectivity index (χ0n) is 21.2. The highest BCUT2D eigenvalue weighted by molar-refractivity contribution is 5.82. The first-order valence-electron chi connectivity index (χ1n) is 13.1. The Balaban J connectivity index is 1.30. The molecule has 0 radical (unpaired) electrons. The van der Waals surface area contributed by atoms with Crippen LogP contribution in [0.2, 0.25) is 0 Å². The van der Waals surface area contributed by atoms with Crippen molar-refractivity contribution in [2.24, 2.45) is 5.92 Å². The van der Waals surface area contributed by atoms with Crippen LogP contribution in [-0.2, 0) is 23.8 Å². The highest BCUT2D eigenvalue weighted by atomic mass is 19.4. The Kier molecular flexibility index (Phi) is 7.88. The van der Waals surface area contributed by atoms with Gasteiger partial charge in [-0.1, -0.05) is 48.5 Å². The number of amides is 1. The molecule has 2 aliphatic rings. The molecular formula is C30H32F3N3O2. The summed E-state index contributed by atoms with van der Waals surface area (Å²) in [5, 5.41) is 3.06. The van der Waals surface area contributed by atoms with E-state index in [1.165, 1.54) is 6.07 Å². The molecule has 2 heterocycles.